The molecule has 0 fully saturated rings. The quantitative estimate of drug-likeness (QED) is 0.735. The van der Waals surface area contributed by atoms with Crippen LogP contribution in [0.1, 0.15) is 27.2 Å². The van der Waals surface area contributed by atoms with Gasteiger partial charge in [-0.3, -0.25) is 0 Å². The molecule has 1 atom stereocenters. The first-order chi connectivity index (χ1) is 9.12. The topological polar surface area (TPSA) is 47.7 Å². The fourth-order valence-electron chi connectivity index (χ4n) is 1.85. The van der Waals surface area contributed by atoms with Crippen LogP contribution in [0.4, 0.5) is 11.4 Å². The lowest BCUT2D eigenvalue weighted by Gasteiger charge is -2.24. The molecule has 0 saturated heterocycles. The smallest absolute Gasteiger partial charge is 0.143 e. The molecule has 0 radical (unpaired) electrons. The van der Waals surface area contributed by atoms with Gasteiger partial charge in [0, 0.05) is 24.8 Å². The highest BCUT2D eigenvalue weighted by Crippen LogP contribution is 2.27. The number of hydrogen-bond donors (Lipinski definition) is 1. The molecule has 0 heterocycles. The number of nitrogens with zero attached hydrogens (tertiary/aromatic N) is 1. The Labute approximate surface area is 116 Å². The van der Waals surface area contributed by atoms with Crippen LogP contribution in [0.25, 0.3) is 0 Å². The maximum atomic E-state index is 5.83. The summed E-state index contributed by atoms with van der Waals surface area (Å²) in [4.78, 5) is 2.25. The second-order valence-electron chi connectivity index (χ2n) is 4.60. The Morgan fingerprint density at radius 1 is 1.32 bits per heavy atom. The first-order valence-corrected chi connectivity index (χ1v) is 6.92. The van der Waals surface area contributed by atoms with Crippen molar-refractivity contribution in [3.8, 4) is 5.75 Å². The van der Waals surface area contributed by atoms with Gasteiger partial charge in [-0.25, -0.2) is 0 Å². The van der Waals surface area contributed by atoms with Crippen LogP contribution in [0.3, 0.4) is 0 Å². The lowest BCUT2D eigenvalue weighted by Crippen LogP contribution is -2.28. The van der Waals surface area contributed by atoms with Crippen LogP contribution in [-0.4, -0.2) is 32.9 Å². The van der Waals surface area contributed by atoms with Crippen LogP contribution in [-0.2, 0) is 4.74 Å². The molecular formula is C15H26N2O2. The highest BCUT2D eigenvalue weighted by molar-refractivity contribution is 5.62. The molecule has 0 bridgehead atoms. The van der Waals surface area contributed by atoms with E-state index >= 15 is 0 Å². The molecule has 0 saturated carbocycles. The van der Waals surface area contributed by atoms with E-state index < -0.39 is 0 Å². The summed E-state index contributed by atoms with van der Waals surface area (Å²) in [5.74, 6) is 0.721. The minimum atomic E-state index is 0.319. The van der Waals surface area contributed by atoms with Crippen molar-refractivity contribution in [2.75, 3.05) is 37.4 Å². The molecule has 0 aliphatic heterocycles. The summed E-state index contributed by atoms with van der Waals surface area (Å²) in [6.45, 7) is 8.89. The summed E-state index contributed by atoms with van der Waals surface area (Å²) in [5, 5.41) is 0. The molecule has 0 spiro atoms. The summed E-state index contributed by atoms with van der Waals surface area (Å²) in [5.41, 5.74) is 7.61. The van der Waals surface area contributed by atoms with Crippen molar-refractivity contribution in [2.24, 2.45) is 0 Å². The average Bonchev–Trinajstić information content (AvgIpc) is 2.44. The van der Waals surface area contributed by atoms with Crippen LogP contribution < -0.4 is 15.4 Å². The van der Waals surface area contributed by atoms with Crippen molar-refractivity contribution < 1.29 is 9.47 Å². The molecule has 0 aliphatic rings. The Balaban J connectivity index is 2.64. The van der Waals surface area contributed by atoms with E-state index in [1.54, 1.807) is 7.11 Å². The van der Waals surface area contributed by atoms with Gasteiger partial charge in [-0.2, -0.15) is 0 Å². The summed E-state index contributed by atoms with van der Waals surface area (Å²) in [7, 11) is 1.64. The van der Waals surface area contributed by atoms with Gasteiger partial charge < -0.3 is 20.1 Å². The van der Waals surface area contributed by atoms with E-state index in [1.165, 1.54) is 0 Å². The molecule has 0 aliphatic carbocycles. The maximum Gasteiger partial charge on any atom is 0.143 e. The van der Waals surface area contributed by atoms with E-state index in [0.717, 1.165) is 37.6 Å². The van der Waals surface area contributed by atoms with Crippen molar-refractivity contribution in [1.82, 2.24) is 0 Å². The average molecular weight is 266 g/mol. The van der Waals surface area contributed by atoms with Gasteiger partial charge in [0.15, 0.2) is 0 Å². The van der Waals surface area contributed by atoms with Crippen LogP contribution in [0.5, 0.6) is 5.75 Å². The Morgan fingerprint density at radius 3 is 2.63 bits per heavy atom. The van der Waals surface area contributed by atoms with Crippen LogP contribution >= 0.6 is 0 Å². The molecule has 1 unspecified atom stereocenters. The Morgan fingerprint density at radius 2 is 2.05 bits per heavy atom. The van der Waals surface area contributed by atoms with Gasteiger partial charge in [-0.15, -0.1) is 0 Å². The summed E-state index contributed by atoms with van der Waals surface area (Å²) >= 11 is 0. The zero-order valence-corrected chi connectivity index (χ0v) is 12.5. The van der Waals surface area contributed by atoms with E-state index in [9.17, 15) is 0 Å². The molecule has 0 aromatic heterocycles. The number of nitrogen functional groups attached to an aromatic ring is 1. The van der Waals surface area contributed by atoms with Crippen molar-refractivity contribution in [3.05, 3.63) is 18.2 Å². The van der Waals surface area contributed by atoms with E-state index in [-0.39, 0.29) is 0 Å². The van der Waals surface area contributed by atoms with Gasteiger partial charge in [-0.05, 0) is 32.4 Å². The number of methoxy groups -OCH3 is 1. The second-order valence-corrected chi connectivity index (χ2v) is 4.60. The highest BCUT2D eigenvalue weighted by Gasteiger charge is 2.08. The van der Waals surface area contributed by atoms with Crippen LogP contribution in [0.15, 0.2) is 18.2 Å². The van der Waals surface area contributed by atoms with Crippen molar-refractivity contribution in [1.29, 1.82) is 0 Å². The Bertz CT molecular complexity index is 382. The third-order valence-electron chi connectivity index (χ3n) is 3.30. The summed E-state index contributed by atoms with van der Waals surface area (Å²) < 4.78 is 11.0. The molecule has 2 N–H and O–H groups in total. The second kappa shape index (κ2) is 7.89. The molecular weight excluding hydrogens is 240 g/mol. The number of ether oxygens (including phenoxy) is 2. The van der Waals surface area contributed by atoms with E-state index in [2.05, 4.69) is 25.7 Å². The first kappa shape index (κ1) is 15.6. The molecule has 4 nitrogen and oxygen atoms in total. The fourth-order valence-corrected chi connectivity index (χ4v) is 1.85. The number of likely N-dealkylation sites (N-methyl/N-ethyl adjacent to an activating group) is 1. The van der Waals surface area contributed by atoms with Crippen LogP contribution in [0, 0.1) is 0 Å². The highest BCUT2D eigenvalue weighted by atomic mass is 16.5. The van der Waals surface area contributed by atoms with E-state index in [0.29, 0.717) is 11.8 Å². The number of anilines is 2. The van der Waals surface area contributed by atoms with Crippen molar-refractivity contribution >= 4 is 11.4 Å². The normalized spacial score (nSPS) is 12.2. The molecule has 19 heavy (non-hydrogen) atoms. The van der Waals surface area contributed by atoms with Gasteiger partial charge in [0.25, 0.3) is 0 Å². The SMILES string of the molecule is CCC(C)OCCN(CC)c1ccc(N)c(OC)c1. The molecule has 1 aromatic carbocycles. The van der Waals surface area contributed by atoms with Crippen molar-refractivity contribution in [3.63, 3.8) is 0 Å². The molecule has 1 rings (SSSR count). The predicted octanol–water partition coefficient (Wildman–Crippen LogP) is 2.92. The largest absolute Gasteiger partial charge is 0.495 e. The van der Waals surface area contributed by atoms with Gasteiger partial charge >= 0.3 is 0 Å². The minimum absolute atomic E-state index is 0.319. The Kier molecular flexibility index (Phi) is 6.50. The summed E-state index contributed by atoms with van der Waals surface area (Å²) in [6, 6.07) is 5.87. The molecule has 4 heteroatoms. The standard InChI is InChI=1S/C15H26N2O2/c1-5-12(3)19-10-9-17(6-2)13-7-8-14(16)15(11-13)18-4/h7-8,11-12H,5-6,9-10,16H2,1-4H3. The minimum Gasteiger partial charge on any atom is -0.495 e. The van der Waals surface area contributed by atoms with Gasteiger partial charge in [-0.1, -0.05) is 6.92 Å². The third-order valence-corrected chi connectivity index (χ3v) is 3.30. The lowest BCUT2D eigenvalue weighted by atomic mass is 10.2. The van der Waals surface area contributed by atoms with E-state index in [4.69, 9.17) is 15.2 Å². The maximum absolute atomic E-state index is 5.83. The number of rotatable bonds is 8. The van der Waals surface area contributed by atoms with Gasteiger partial charge in [0.05, 0.1) is 25.5 Å². The molecule has 108 valence electrons. The fraction of sp³-hybridized carbons (Fsp3) is 0.600. The number of nitrogens with two attached hydrogens (primary N) is 1. The Hall–Kier alpha value is -1.42. The van der Waals surface area contributed by atoms with Crippen LogP contribution in [0.2, 0.25) is 0 Å². The number of benzene rings is 1. The third kappa shape index (κ3) is 4.63. The monoisotopic (exact) mass is 266 g/mol. The van der Waals surface area contributed by atoms with E-state index in [1.807, 2.05) is 18.2 Å². The predicted molar refractivity (Wildman–Crippen MR) is 81.0 cm³/mol. The summed E-state index contributed by atoms with van der Waals surface area (Å²) in [6.07, 6.45) is 1.36. The number of hydrogen-bond acceptors (Lipinski definition) is 4. The zero-order chi connectivity index (χ0) is 14.3. The van der Waals surface area contributed by atoms with Crippen molar-refractivity contribution in [2.45, 2.75) is 33.3 Å². The zero-order valence-electron chi connectivity index (χ0n) is 12.5. The molecule has 0 amide bonds. The molecule has 1 aromatic rings. The van der Waals surface area contributed by atoms with Gasteiger partial charge in [0.2, 0.25) is 0 Å². The lowest BCUT2D eigenvalue weighted by molar-refractivity contribution is 0.0686. The van der Waals surface area contributed by atoms with Gasteiger partial charge in [0.1, 0.15) is 5.75 Å². The first-order valence-electron chi connectivity index (χ1n) is 6.92.